The molecule has 0 radical (unpaired) electrons. The Labute approximate surface area is 166 Å². The summed E-state index contributed by atoms with van der Waals surface area (Å²) >= 11 is 0. The fourth-order valence-corrected chi connectivity index (χ4v) is 4.40. The molecule has 0 saturated carbocycles. The van der Waals surface area contributed by atoms with Crippen molar-refractivity contribution >= 4 is 12.7 Å². The first-order chi connectivity index (χ1) is 12.2. The van der Waals surface area contributed by atoms with E-state index in [0.29, 0.717) is 0 Å². The van der Waals surface area contributed by atoms with Crippen molar-refractivity contribution in [1.82, 2.24) is 0 Å². The van der Waals surface area contributed by atoms with Crippen LogP contribution in [0.3, 0.4) is 0 Å². The van der Waals surface area contributed by atoms with Crippen LogP contribution in [0.2, 0.25) is 0 Å². The van der Waals surface area contributed by atoms with Crippen molar-refractivity contribution in [3.8, 4) is 0 Å². The van der Waals surface area contributed by atoms with Crippen molar-refractivity contribution in [3.05, 3.63) is 40.4 Å². The lowest BCUT2D eigenvalue weighted by Gasteiger charge is -2.42. The first kappa shape index (κ1) is 20.7. The Morgan fingerprint density at radius 1 is 0.852 bits per heavy atom. The lowest BCUT2D eigenvalue weighted by molar-refractivity contribution is 0.00578. The van der Waals surface area contributed by atoms with Crippen molar-refractivity contribution < 1.29 is 9.31 Å². The Hall–Kier alpha value is -1.06. The van der Waals surface area contributed by atoms with Gasteiger partial charge in [0.25, 0.3) is 0 Å². The smallest absolute Gasteiger partial charge is 0.400 e. The molecule has 0 bridgehead atoms. The minimum absolute atomic E-state index is 0.220. The van der Waals surface area contributed by atoms with Gasteiger partial charge < -0.3 is 9.31 Å². The van der Waals surface area contributed by atoms with Crippen LogP contribution < -0.4 is 0 Å². The molecule has 1 saturated heterocycles. The Kier molecular flexibility index (Phi) is 4.76. The van der Waals surface area contributed by atoms with Crippen molar-refractivity contribution in [2.75, 3.05) is 0 Å². The molecule has 148 valence electrons. The van der Waals surface area contributed by atoms with E-state index in [9.17, 15) is 0 Å². The summed E-state index contributed by atoms with van der Waals surface area (Å²) in [5.41, 5.74) is 6.77. The van der Waals surface area contributed by atoms with E-state index in [1.807, 2.05) is 0 Å². The molecule has 1 aromatic carbocycles. The molecule has 3 heteroatoms. The Morgan fingerprint density at radius 3 is 1.78 bits per heavy atom. The van der Waals surface area contributed by atoms with Crippen molar-refractivity contribution in [2.24, 2.45) is 0 Å². The van der Waals surface area contributed by atoms with Gasteiger partial charge in [-0.2, -0.15) is 0 Å². The maximum absolute atomic E-state index is 6.18. The number of aryl methyl sites for hydroxylation is 1. The summed E-state index contributed by atoms with van der Waals surface area (Å²) in [6.45, 7) is 22.3. The number of allylic oxidation sites excluding steroid dienone is 1. The standard InChI is InChI=1S/C24H37BO2/c1-16-13-19-20(22(5,6)12-11-21(19,3)4)14-18(16)17(2)15-25-26-23(7,8)24(9,10)27-25/h13-15H,11-12H2,1-10H3. The predicted molar refractivity (Wildman–Crippen MR) is 116 cm³/mol. The number of benzene rings is 1. The first-order valence-electron chi connectivity index (χ1n) is 10.4. The lowest BCUT2D eigenvalue weighted by atomic mass is 9.62. The molecular formula is C24H37BO2. The second-order valence-corrected chi connectivity index (χ2v) is 11.0. The monoisotopic (exact) mass is 368 g/mol. The number of fused-ring (bicyclic) bond motifs is 1. The van der Waals surface area contributed by atoms with E-state index < -0.39 is 0 Å². The number of rotatable bonds is 2. The van der Waals surface area contributed by atoms with Crippen LogP contribution in [0.4, 0.5) is 0 Å². The Morgan fingerprint density at radius 2 is 1.30 bits per heavy atom. The normalized spacial score (nSPS) is 25.4. The zero-order valence-corrected chi connectivity index (χ0v) is 19.0. The molecule has 0 atom stereocenters. The van der Waals surface area contributed by atoms with Gasteiger partial charge >= 0.3 is 7.12 Å². The molecular weight excluding hydrogens is 331 g/mol. The first-order valence-corrected chi connectivity index (χ1v) is 10.4. The van der Waals surface area contributed by atoms with Crippen molar-refractivity contribution in [2.45, 2.75) is 104 Å². The summed E-state index contributed by atoms with van der Waals surface area (Å²) < 4.78 is 12.4. The molecule has 0 spiro atoms. The highest BCUT2D eigenvalue weighted by molar-refractivity contribution is 6.53. The van der Waals surface area contributed by atoms with Crippen LogP contribution in [0.1, 0.15) is 97.4 Å². The van der Waals surface area contributed by atoms with Gasteiger partial charge in [0.05, 0.1) is 11.2 Å². The average molecular weight is 368 g/mol. The van der Waals surface area contributed by atoms with Crippen molar-refractivity contribution in [3.63, 3.8) is 0 Å². The maximum Gasteiger partial charge on any atom is 0.487 e. The fraction of sp³-hybridized carbons (Fsp3) is 0.667. The topological polar surface area (TPSA) is 18.5 Å². The van der Waals surface area contributed by atoms with Crippen molar-refractivity contribution in [1.29, 1.82) is 0 Å². The van der Waals surface area contributed by atoms with E-state index in [1.54, 1.807) is 0 Å². The average Bonchev–Trinajstić information content (AvgIpc) is 2.70. The SMILES string of the molecule is CC(=CB1OC(C)(C)C(C)(C)O1)c1cc2c(cc1C)C(C)(C)CCC2(C)C. The quantitative estimate of drug-likeness (QED) is 0.564. The van der Waals surface area contributed by atoms with Crippen LogP contribution in [0.5, 0.6) is 0 Å². The zero-order valence-electron chi connectivity index (χ0n) is 19.0. The van der Waals surface area contributed by atoms with Crippen LogP contribution in [-0.4, -0.2) is 18.3 Å². The molecule has 3 rings (SSSR count). The zero-order chi connectivity index (χ0) is 20.4. The minimum atomic E-state index is -0.300. The molecule has 1 aliphatic carbocycles. The summed E-state index contributed by atoms with van der Waals surface area (Å²) in [7, 11) is -0.296. The minimum Gasteiger partial charge on any atom is -0.400 e. The number of hydrogen-bond donors (Lipinski definition) is 0. The Bertz CT molecular complexity index is 768. The molecule has 0 unspecified atom stereocenters. The maximum atomic E-state index is 6.18. The van der Waals surface area contributed by atoms with E-state index in [2.05, 4.69) is 87.3 Å². The van der Waals surface area contributed by atoms with Crippen LogP contribution in [0.15, 0.2) is 18.1 Å². The molecule has 1 fully saturated rings. The van der Waals surface area contributed by atoms with Gasteiger partial charge in [0.15, 0.2) is 0 Å². The largest absolute Gasteiger partial charge is 0.487 e. The molecule has 0 N–H and O–H groups in total. The molecule has 0 aromatic heterocycles. The molecule has 2 aliphatic rings. The van der Waals surface area contributed by atoms with Crippen LogP contribution in [0.25, 0.3) is 5.57 Å². The van der Waals surface area contributed by atoms with Gasteiger partial charge in [-0.05, 0) is 87.5 Å². The van der Waals surface area contributed by atoms with Crippen LogP contribution >= 0.6 is 0 Å². The van der Waals surface area contributed by atoms with Gasteiger partial charge in [-0.25, -0.2) is 0 Å². The molecule has 27 heavy (non-hydrogen) atoms. The molecule has 0 amide bonds. The van der Waals surface area contributed by atoms with E-state index in [0.717, 1.165) is 0 Å². The molecule has 1 heterocycles. The van der Waals surface area contributed by atoms with E-state index in [1.165, 1.54) is 40.7 Å². The van der Waals surface area contributed by atoms with E-state index in [4.69, 9.17) is 9.31 Å². The van der Waals surface area contributed by atoms with Gasteiger partial charge in [-0.15, -0.1) is 0 Å². The van der Waals surface area contributed by atoms with Gasteiger partial charge in [0, 0.05) is 0 Å². The second kappa shape index (κ2) is 6.22. The lowest BCUT2D eigenvalue weighted by Crippen LogP contribution is -2.41. The highest BCUT2D eigenvalue weighted by Gasteiger charge is 2.50. The van der Waals surface area contributed by atoms with Gasteiger partial charge in [-0.3, -0.25) is 0 Å². The third kappa shape index (κ3) is 3.54. The van der Waals surface area contributed by atoms with E-state index in [-0.39, 0.29) is 29.2 Å². The molecule has 2 nitrogen and oxygen atoms in total. The van der Waals surface area contributed by atoms with Crippen LogP contribution in [-0.2, 0) is 20.1 Å². The van der Waals surface area contributed by atoms with Gasteiger partial charge in [0.2, 0.25) is 0 Å². The summed E-state index contributed by atoms with van der Waals surface area (Å²) in [4.78, 5) is 0. The van der Waals surface area contributed by atoms with Crippen LogP contribution in [0, 0.1) is 6.92 Å². The molecule has 1 aliphatic heterocycles. The highest BCUT2D eigenvalue weighted by atomic mass is 16.7. The number of hydrogen-bond acceptors (Lipinski definition) is 2. The van der Waals surface area contributed by atoms with Gasteiger partial charge in [-0.1, -0.05) is 51.4 Å². The molecule has 1 aromatic rings. The summed E-state index contributed by atoms with van der Waals surface area (Å²) in [5, 5.41) is 0. The third-order valence-electron chi connectivity index (χ3n) is 7.28. The van der Waals surface area contributed by atoms with Gasteiger partial charge in [0.1, 0.15) is 0 Å². The predicted octanol–water partition coefficient (Wildman–Crippen LogP) is 6.38. The second-order valence-electron chi connectivity index (χ2n) is 11.0. The summed E-state index contributed by atoms with van der Waals surface area (Å²) in [5.74, 6) is 2.15. The third-order valence-corrected chi connectivity index (χ3v) is 7.28. The summed E-state index contributed by atoms with van der Waals surface area (Å²) in [6, 6.07) is 4.86. The highest BCUT2D eigenvalue weighted by Crippen LogP contribution is 2.47. The summed E-state index contributed by atoms with van der Waals surface area (Å²) in [6.07, 6.45) is 2.48. The Balaban J connectivity index is 2.01. The fourth-order valence-electron chi connectivity index (χ4n) is 4.40. The van der Waals surface area contributed by atoms with E-state index >= 15 is 0 Å².